The van der Waals surface area contributed by atoms with Gasteiger partial charge in [0.05, 0.1) is 17.7 Å². The summed E-state index contributed by atoms with van der Waals surface area (Å²) in [7, 11) is 0. The second kappa shape index (κ2) is 19.0. The van der Waals surface area contributed by atoms with Gasteiger partial charge >= 0.3 is 18.1 Å². The molecule has 0 bridgehead atoms. The van der Waals surface area contributed by atoms with E-state index >= 15 is 0 Å². The fourth-order valence-corrected chi connectivity index (χ4v) is 5.35. The van der Waals surface area contributed by atoms with Crippen molar-refractivity contribution in [3.8, 4) is 28.0 Å². The lowest BCUT2D eigenvalue weighted by molar-refractivity contribution is -0.206. The summed E-state index contributed by atoms with van der Waals surface area (Å²) >= 11 is 0. The molecule has 46 heavy (non-hydrogen) atoms. The fourth-order valence-electron chi connectivity index (χ4n) is 5.35. The third-order valence-electron chi connectivity index (χ3n) is 8.06. The Labute approximate surface area is 271 Å². The molecular formula is C38H47F3O5. The molecule has 3 aromatic carbocycles. The normalized spacial score (nSPS) is 12.1. The van der Waals surface area contributed by atoms with Crippen LogP contribution in [0.2, 0.25) is 0 Å². The predicted octanol–water partition coefficient (Wildman–Crippen LogP) is 11.3. The van der Waals surface area contributed by atoms with Gasteiger partial charge in [-0.15, -0.1) is 0 Å². The summed E-state index contributed by atoms with van der Waals surface area (Å²) in [6, 6.07) is 18.4. The monoisotopic (exact) mass is 640 g/mol. The van der Waals surface area contributed by atoms with E-state index in [4.69, 9.17) is 9.47 Å². The van der Waals surface area contributed by atoms with Crippen LogP contribution in [0.5, 0.6) is 5.75 Å². The number of carboxylic acids is 1. The molecular weight excluding hydrogens is 593 g/mol. The summed E-state index contributed by atoms with van der Waals surface area (Å²) in [4.78, 5) is 24.4. The first kappa shape index (κ1) is 36.7. The Hall–Kier alpha value is -3.81. The molecule has 250 valence electrons. The molecule has 0 aliphatic heterocycles. The smallest absolute Gasteiger partial charge is 0.425 e. The van der Waals surface area contributed by atoms with Crippen molar-refractivity contribution in [3.05, 3.63) is 77.9 Å². The SMILES string of the molecule is CCCCCCCCCCOc1ccc(-c2ccc(C(=O)O)cc2-c2ccc(C(=O)OC(CCCCCC)C(F)(F)F)cc2)cc1. The Kier molecular flexibility index (Phi) is 15.1. The van der Waals surface area contributed by atoms with Crippen molar-refractivity contribution < 1.29 is 37.3 Å². The molecule has 0 aliphatic carbocycles. The van der Waals surface area contributed by atoms with E-state index in [0.717, 1.165) is 42.6 Å². The van der Waals surface area contributed by atoms with Crippen LogP contribution in [0.3, 0.4) is 0 Å². The van der Waals surface area contributed by atoms with E-state index in [0.29, 0.717) is 30.6 Å². The predicted molar refractivity (Wildman–Crippen MR) is 176 cm³/mol. The zero-order valence-electron chi connectivity index (χ0n) is 27.0. The summed E-state index contributed by atoms with van der Waals surface area (Å²) in [6.07, 6.45) is 5.37. The van der Waals surface area contributed by atoms with Gasteiger partial charge in [-0.2, -0.15) is 13.2 Å². The second-order valence-corrected chi connectivity index (χ2v) is 11.8. The lowest BCUT2D eigenvalue weighted by atomic mass is 9.92. The molecule has 0 saturated carbocycles. The number of ether oxygens (including phenoxy) is 2. The van der Waals surface area contributed by atoms with Crippen molar-refractivity contribution in [2.45, 2.75) is 110 Å². The number of rotatable bonds is 20. The van der Waals surface area contributed by atoms with Crippen molar-refractivity contribution in [2.24, 2.45) is 0 Å². The minimum absolute atomic E-state index is 0.0134. The van der Waals surface area contributed by atoms with E-state index in [9.17, 15) is 27.9 Å². The number of carboxylic acid groups (broad SMARTS) is 1. The third kappa shape index (κ3) is 11.8. The summed E-state index contributed by atoms with van der Waals surface area (Å²) in [6.45, 7) is 4.83. The lowest BCUT2D eigenvalue weighted by Gasteiger charge is -2.21. The average molecular weight is 641 g/mol. The Morgan fingerprint density at radius 2 is 1.20 bits per heavy atom. The second-order valence-electron chi connectivity index (χ2n) is 11.8. The van der Waals surface area contributed by atoms with E-state index in [2.05, 4.69) is 6.92 Å². The van der Waals surface area contributed by atoms with Gasteiger partial charge in [0.15, 0.2) is 6.10 Å². The minimum Gasteiger partial charge on any atom is -0.494 e. The number of hydrogen-bond donors (Lipinski definition) is 1. The molecule has 0 aliphatic rings. The third-order valence-corrected chi connectivity index (χ3v) is 8.06. The van der Waals surface area contributed by atoms with Crippen LogP contribution in [0.25, 0.3) is 22.3 Å². The summed E-state index contributed by atoms with van der Waals surface area (Å²) in [5.41, 5.74) is 2.89. The number of halogens is 3. The van der Waals surface area contributed by atoms with Crippen LogP contribution >= 0.6 is 0 Å². The topological polar surface area (TPSA) is 72.8 Å². The van der Waals surface area contributed by atoms with E-state index in [1.165, 1.54) is 56.7 Å². The van der Waals surface area contributed by atoms with Crippen LogP contribution in [0.1, 0.15) is 118 Å². The molecule has 0 spiro atoms. The van der Waals surface area contributed by atoms with Crippen LogP contribution in [0.4, 0.5) is 13.2 Å². The number of benzene rings is 3. The Morgan fingerprint density at radius 3 is 1.78 bits per heavy atom. The van der Waals surface area contributed by atoms with Gasteiger partial charge in [-0.1, -0.05) is 108 Å². The first-order valence-corrected chi connectivity index (χ1v) is 16.6. The number of alkyl halides is 3. The zero-order valence-corrected chi connectivity index (χ0v) is 27.0. The van der Waals surface area contributed by atoms with Crippen molar-refractivity contribution in [3.63, 3.8) is 0 Å². The van der Waals surface area contributed by atoms with Gasteiger partial charge in [0.25, 0.3) is 0 Å². The molecule has 0 amide bonds. The number of hydrogen-bond acceptors (Lipinski definition) is 4. The molecule has 3 aromatic rings. The quantitative estimate of drug-likeness (QED) is 0.0982. The van der Waals surface area contributed by atoms with Crippen LogP contribution < -0.4 is 4.74 Å². The minimum atomic E-state index is -4.65. The van der Waals surface area contributed by atoms with E-state index in [1.807, 2.05) is 31.2 Å². The first-order valence-electron chi connectivity index (χ1n) is 16.6. The van der Waals surface area contributed by atoms with Gasteiger partial charge in [-0.05, 0) is 77.9 Å². The molecule has 1 unspecified atom stereocenters. The first-order chi connectivity index (χ1) is 22.1. The van der Waals surface area contributed by atoms with Gasteiger partial charge < -0.3 is 14.6 Å². The highest BCUT2D eigenvalue weighted by Crippen LogP contribution is 2.35. The molecule has 0 aromatic heterocycles. The Bertz CT molecular complexity index is 1350. The standard InChI is InChI=1S/C38H47F3O5/c1-3-5-7-9-10-11-12-14-26-45-32-23-20-28(21-24-32)33-25-22-31(36(42)43)27-34(33)29-16-18-30(19-17-29)37(44)46-35(38(39,40)41)15-13-8-6-4-2/h16-25,27,35H,3-15,26H2,1-2H3,(H,42,43). The van der Waals surface area contributed by atoms with Crippen LogP contribution in [0, 0.1) is 0 Å². The maximum absolute atomic E-state index is 13.5. The van der Waals surface area contributed by atoms with Gasteiger partial charge in [-0.3, -0.25) is 0 Å². The van der Waals surface area contributed by atoms with Crippen LogP contribution in [0.15, 0.2) is 66.7 Å². The van der Waals surface area contributed by atoms with E-state index in [1.54, 1.807) is 24.3 Å². The average Bonchev–Trinajstić information content (AvgIpc) is 3.05. The van der Waals surface area contributed by atoms with E-state index in [-0.39, 0.29) is 17.5 Å². The molecule has 0 fully saturated rings. The van der Waals surface area contributed by atoms with Crippen molar-refractivity contribution in [2.75, 3.05) is 6.61 Å². The Morgan fingerprint density at radius 1 is 0.674 bits per heavy atom. The van der Waals surface area contributed by atoms with Crippen molar-refractivity contribution in [1.82, 2.24) is 0 Å². The summed E-state index contributed by atoms with van der Waals surface area (Å²) in [5, 5.41) is 9.63. The number of carbonyl (C=O) groups excluding carboxylic acids is 1. The number of carbonyl (C=O) groups is 2. The number of aromatic carboxylic acids is 1. The molecule has 0 saturated heterocycles. The van der Waals surface area contributed by atoms with E-state index < -0.39 is 24.2 Å². The number of esters is 1. The summed E-state index contributed by atoms with van der Waals surface area (Å²) < 4.78 is 51.4. The van der Waals surface area contributed by atoms with Crippen molar-refractivity contribution in [1.29, 1.82) is 0 Å². The summed E-state index contributed by atoms with van der Waals surface area (Å²) in [5.74, 6) is -1.39. The lowest BCUT2D eigenvalue weighted by Crippen LogP contribution is -2.33. The molecule has 1 atom stereocenters. The van der Waals surface area contributed by atoms with Crippen LogP contribution in [-0.2, 0) is 4.74 Å². The molecule has 0 heterocycles. The molecule has 5 nitrogen and oxygen atoms in total. The molecule has 3 rings (SSSR count). The molecule has 0 radical (unpaired) electrons. The Balaban J connectivity index is 1.69. The number of unbranched alkanes of at least 4 members (excludes halogenated alkanes) is 10. The maximum Gasteiger partial charge on any atom is 0.425 e. The largest absolute Gasteiger partial charge is 0.494 e. The highest BCUT2D eigenvalue weighted by Gasteiger charge is 2.42. The van der Waals surface area contributed by atoms with Gasteiger partial charge in [0, 0.05) is 0 Å². The molecule has 1 N–H and O–H groups in total. The fraction of sp³-hybridized carbons (Fsp3) is 0.474. The van der Waals surface area contributed by atoms with Gasteiger partial charge in [0.2, 0.25) is 0 Å². The van der Waals surface area contributed by atoms with Gasteiger partial charge in [0.1, 0.15) is 5.75 Å². The highest BCUT2D eigenvalue weighted by atomic mass is 19.4. The molecule has 8 heteroatoms. The highest BCUT2D eigenvalue weighted by molar-refractivity contribution is 5.94. The zero-order chi connectivity index (χ0) is 33.4. The van der Waals surface area contributed by atoms with Gasteiger partial charge in [-0.25, -0.2) is 9.59 Å². The van der Waals surface area contributed by atoms with Crippen LogP contribution in [-0.4, -0.2) is 35.9 Å². The maximum atomic E-state index is 13.5. The van der Waals surface area contributed by atoms with Crippen molar-refractivity contribution >= 4 is 11.9 Å².